The molecular weight excluding hydrogens is 528 g/mol. The van der Waals surface area contributed by atoms with Crippen molar-refractivity contribution in [3.63, 3.8) is 0 Å². The first-order valence-corrected chi connectivity index (χ1v) is 14.7. The maximum atomic E-state index is 13.2. The highest BCUT2D eigenvalue weighted by Gasteiger charge is 2.38. The lowest BCUT2D eigenvalue weighted by Gasteiger charge is -2.23. The van der Waals surface area contributed by atoms with Crippen molar-refractivity contribution in [3.8, 4) is 0 Å². The van der Waals surface area contributed by atoms with Crippen LogP contribution in [0.15, 0.2) is 47.6 Å². The minimum atomic E-state index is -4.24. The summed E-state index contributed by atoms with van der Waals surface area (Å²) < 4.78 is 27.9. The molecule has 2 aliphatic heterocycles. The van der Waals surface area contributed by atoms with Crippen molar-refractivity contribution in [1.29, 1.82) is 0 Å². The lowest BCUT2D eigenvalue weighted by Crippen LogP contribution is -2.52. The molecule has 2 amide bonds. The number of thiophene rings is 1. The van der Waals surface area contributed by atoms with E-state index in [9.17, 15) is 27.6 Å². The van der Waals surface area contributed by atoms with Gasteiger partial charge in [0.05, 0.1) is 17.5 Å². The molecule has 2 atom stereocenters. The van der Waals surface area contributed by atoms with Crippen LogP contribution >= 0.6 is 11.3 Å². The highest BCUT2D eigenvalue weighted by Crippen LogP contribution is 2.25. The second-order valence-electron chi connectivity index (χ2n) is 9.76. The molecule has 3 heterocycles. The second kappa shape index (κ2) is 11.7. The van der Waals surface area contributed by atoms with E-state index in [0.717, 1.165) is 14.4 Å². The minimum Gasteiger partial charge on any atom is -0.344 e. The van der Waals surface area contributed by atoms with Crippen LogP contribution in [-0.4, -0.2) is 66.3 Å². The van der Waals surface area contributed by atoms with Crippen LogP contribution in [0.3, 0.4) is 0 Å². The summed E-state index contributed by atoms with van der Waals surface area (Å²) in [7, 11) is -4.24. The Hall–Kier alpha value is -3.22. The average molecular weight is 559 g/mol. The Kier molecular flexibility index (Phi) is 8.54. The van der Waals surface area contributed by atoms with Gasteiger partial charge in [0.1, 0.15) is 6.04 Å². The molecular formula is C26H30N4O6S2. The third-order valence-electron chi connectivity index (χ3n) is 6.34. The molecule has 0 aliphatic carbocycles. The Morgan fingerprint density at radius 2 is 1.97 bits per heavy atom. The number of hydrogen-bond acceptors (Lipinski definition) is 8. The smallest absolute Gasteiger partial charge is 0.264 e. The number of fused-ring (bicyclic) bond motifs is 1. The van der Waals surface area contributed by atoms with Crippen molar-refractivity contribution >= 4 is 59.9 Å². The van der Waals surface area contributed by atoms with E-state index in [4.69, 9.17) is 0 Å². The maximum Gasteiger partial charge on any atom is 0.264 e. The number of nitrogens with one attached hydrogen (secondary N) is 2. The van der Waals surface area contributed by atoms with Crippen LogP contribution in [0.25, 0.3) is 10.1 Å². The molecule has 1 fully saturated rings. The number of Topliss-reactive ketones (excluding diaryl/α,β-unsaturated/α-hetero) is 2. The van der Waals surface area contributed by atoms with Crippen LogP contribution in [0, 0.1) is 5.92 Å². The predicted octanol–water partition coefficient (Wildman–Crippen LogP) is 2.41. The van der Waals surface area contributed by atoms with Gasteiger partial charge in [-0.15, -0.1) is 11.3 Å². The Morgan fingerprint density at radius 1 is 1.21 bits per heavy atom. The van der Waals surface area contributed by atoms with Crippen molar-refractivity contribution in [3.05, 3.63) is 47.5 Å². The number of rotatable bonds is 7. The fourth-order valence-corrected chi connectivity index (χ4v) is 6.87. The van der Waals surface area contributed by atoms with E-state index in [1.54, 1.807) is 6.07 Å². The lowest BCUT2D eigenvalue weighted by molar-refractivity contribution is -0.129. The normalized spacial score (nSPS) is 19.8. The zero-order valence-electron chi connectivity index (χ0n) is 21.2. The van der Waals surface area contributed by atoms with Crippen LogP contribution in [0.1, 0.15) is 49.2 Å². The number of hydrogen-bond donors (Lipinski definition) is 2. The van der Waals surface area contributed by atoms with Gasteiger partial charge in [-0.2, -0.15) is 4.31 Å². The number of carbonyl (C=O) groups excluding carboxylic acids is 4. The summed E-state index contributed by atoms with van der Waals surface area (Å²) in [5.41, 5.74) is 0. The van der Waals surface area contributed by atoms with Crippen molar-refractivity contribution in [1.82, 2.24) is 14.9 Å². The van der Waals surface area contributed by atoms with Gasteiger partial charge in [0, 0.05) is 23.9 Å². The van der Waals surface area contributed by atoms with E-state index >= 15 is 0 Å². The van der Waals surface area contributed by atoms with Crippen LogP contribution < -0.4 is 10.6 Å². The molecule has 0 radical (unpaired) electrons. The van der Waals surface area contributed by atoms with Crippen molar-refractivity contribution < 1.29 is 27.6 Å². The number of allylic oxidation sites excluding steroid dienone is 1. The van der Waals surface area contributed by atoms with E-state index in [1.807, 2.05) is 38.1 Å². The third-order valence-corrected chi connectivity index (χ3v) is 9.27. The first kappa shape index (κ1) is 27.8. The minimum absolute atomic E-state index is 0.0224. The molecule has 1 aromatic carbocycles. The molecule has 12 heteroatoms. The molecule has 38 heavy (non-hydrogen) atoms. The number of sulfonamides is 1. The molecule has 0 saturated carbocycles. The standard InChI is InChI=1S/C26H30N4O6S2/c1-16(2)13-19(29-25(34)23-14-17-7-3-4-10-22(17)37-23)24(33)28-18-8-6-12-30(15-21(18)32)38(35,36)26-20(31)9-5-11-27-26/h3-5,7,10-11,14,16,18-19H,6,8-9,12-13,15H2,1-2H3,(H,28,33)(H,29,34)/t18-,19?/m0/s1. The van der Waals surface area contributed by atoms with E-state index in [-0.39, 0.29) is 31.2 Å². The van der Waals surface area contributed by atoms with Gasteiger partial charge < -0.3 is 10.6 Å². The van der Waals surface area contributed by atoms with Crippen LogP contribution in [0.5, 0.6) is 0 Å². The average Bonchev–Trinajstić information content (AvgIpc) is 3.22. The van der Waals surface area contributed by atoms with Gasteiger partial charge in [0.15, 0.2) is 11.6 Å². The summed E-state index contributed by atoms with van der Waals surface area (Å²) in [5, 5.41) is 5.90. The highest BCUT2D eigenvalue weighted by atomic mass is 32.2. The Morgan fingerprint density at radius 3 is 2.68 bits per heavy atom. The monoisotopic (exact) mass is 558 g/mol. The molecule has 1 aromatic heterocycles. The van der Waals surface area contributed by atoms with Crippen LogP contribution in [0.2, 0.25) is 0 Å². The van der Waals surface area contributed by atoms with Gasteiger partial charge in [-0.05, 0) is 42.7 Å². The first-order chi connectivity index (χ1) is 18.1. The largest absolute Gasteiger partial charge is 0.344 e. The van der Waals surface area contributed by atoms with Crippen LogP contribution in [-0.2, 0) is 24.4 Å². The first-order valence-electron chi connectivity index (χ1n) is 12.4. The molecule has 4 rings (SSSR count). The number of ketones is 2. The zero-order valence-corrected chi connectivity index (χ0v) is 22.8. The molecule has 2 N–H and O–H groups in total. The third kappa shape index (κ3) is 6.25. The number of aliphatic imine (C=N–C) groups is 1. The Balaban J connectivity index is 1.44. The number of carbonyl (C=O) groups is 4. The SMILES string of the molecule is CC(C)CC(NC(=O)c1cc2ccccc2s1)C(=O)N[C@H]1CCCN(S(=O)(=O)C2=NC=CCC2=O)CC1=O. The fourth-order valence-electron chi connectivity index (χ4n) is 4.42. The molecule has 2 aliphatic rings. The number of nitrogens with zero attached hydrogens (tertiary/aromatic N) is 2. The summed E-state index contributed by atoms with van der Waals surface area (Å²) in [5.74, 6) is -1.90. The van der Waals surface area contributed by atoms with Crippen molar-refractivity contribution in [2.24, 2.45) is 10.9 Å². The molecule has 10 nitrogen and oxygen atoms in total. The molecule has 1 unspecified atom stereocenters. The quantitative estimate of drug-likeness (QED) is 0.535. The fraction of sp³-hybridized carbons (Fsp3) is 0.423. The summed E-state index contributed by atoms with van der Waals surface area (Å²) in [6.45, 7) is 3.40. The highest BCUT2D eigenvalue weighted by molar-refractivity contribution is 8.06. The summed E-state index contributed by atoms with van der Waals surface area (Å²) in [4.78, 5) is 55.6. The van der Waals surface area contributed by atoms with Gasteiger partial charge in [-0.3, -0.25) is 19.2 Å². The van der Waals surface area contributed by atoms with Crippen molar-refractivity contribution in [2.45, 2.75) is 51.6 Å². The van der Waals surface area contributed by atoms with Gasteiger partial charge in [-0.25, -0.2) is 13.4 Å². The molecule has 2 aromatic rings. The van der Waals surface area contributed by atoms with E-state index in [1.165, 1.54) is 23.6 Å². The Labute approximate surface area is 225 Å². The maximum absolute atomic E-state index is 13.2. The summed E-state index contributed by atoms with van der Waals surface area (Å²) in [6.07, 6.45) is 3.56. The van der Waals surface area contributed by atoms with Gasteiger partial charge in [0.25, 0.3) is 15.9 Å². The van der Waals surface area contributed by atoms with Crippen molar-refractivity contribution in [2.75, 3.05) is 13.1 Å². The summed E-state index contributed by atoms with van der Waals surface area (Å²) >= 11 is 1.33. The molecule has 0 spiro atoms. The topological polar surface area (TPSA) is 142 Å². The Bertz CT molecular complexity index is 1390. The van der Waals surface area contributed by atoms with Gasteiger partial charge in [-0.1, -0.05) is 38.1 Å². The van der Waals surface area contributed by atoms with Crippen LogP contribution in [0.4, 0.5) is 0 Å². The second-order valence-corrected chi connectivity index (χ2v) is 12.7. The number of amides is 2. The molecule has 202 valence electrons. The molecule has 0 bridgehead atoms. The predicted molar refractivity (Wildman–Crippen MR) is 145 cm³/mol. The number of benzene rings is 1. The van der Waals surface area contributed by atoms with Gasteiger partial charge in [0.2, 0.25) is 11.0 Å². The van der Waals surface area contributed by atoms with E-state index in [2.05, 4.69) is 15.6 Å². The molecule has 1 saturated heterocycles. The zero-order chi connectivity index (χ0) is 27.4. The van der Waals surface area contributed by atoms with E-state index < -0.39 is 51.2 Å². The van der Waals surface area contributed by atoms with Gasteiger partial charge >= 0.3 is 0 Å². The van der Waals surface area contributed by atoms with E-state index in [0.29, 0.717) is 17.7 Å². The summed E-state index contributed by atoms with van der Waals surface area (Å²) in [6, 6.07) is 7.61. The lowest BCUT2D eigenvalue weighted by atomic mass is 10.0.